The van der Waals surface area contributed by atoms with Gasteiger partial charge in [-0.05, 0) is 25.7 Å². The van der Waals surface area contributed by atoms with Gasteiger partial charge in [-0.3, -0.25) is 0 Å². The highest BCUT2D eigenvalue weighted by Crippen LogP contribution is 2.36. The second-order valence-electron chi connectivity index (χ2n) is 7.10. The summed E-state index contributed by atoms with van der Waals surface area (Å²) in [5.74, 6) is 1.72. The molecule has 3 aromatic rings. The van der Waals surface area contributed by atoms with Crippen molar-refractivity contribution < 1.29 is 4.39 Å². The summed E-state index contributed by atoms with van der Waals surface area (Å²) in [6.45, 7) is 4.57. The van der Waals surface area contributed by atoms with E-state index in [0.29, 0.717) is 17.8 Å². The summed E-state index contributed by atoms with van der Waals surface area (Å²) in [5.41, 5.74) is 1.84. The lowest BCUT2D eigenvalue weighted by molar-refractivity contribution is 0.385. The van der Waals surface area contributed by atoms with Crippen molar-refractivity contribution in [3.63, 3.8) is 0 Å². The zero-order chi connectivity index (χ0) is 17.7. The lowest BCUT2D eigenvalue weighted by Crippen LogP contribution is -2.49. The molecule has 0 amide bonds. The first kappa shape index (κ1) is 15.5. The number of hydrogen-bond donors (Lipinski definition) is 0. The van der Waals surface area contributed by atoms with Gasteiger partial charge in [-0.1, -0.05) is 0 Å². The minimum absolute atomic E-state index is 0.312. The Kier molecular flexibility index (Phi) is 3.51. The lowest BCUT2D eigenvalue weighted by Gasteiger charge is -2.39. The molecule has 0 radical (unpaired) electrons. The van der Waals surface area contributed by atoms with E-state index in [0.717, 1.165) is 49.6 Å². The fourth-order valence-electron chi connectivity index (χ4n) is 4.38. The number of halogens is 1. The van der Waals surface area contributed by atoms with E-state index < -0.39 is 0 Å². The number of fused-ring (bicyclic) bond motifs is 2. The molecule has 3 aromatic heterocycles. The Morgan fingerprint density at radius 1 is 1.23 bits per heavy atom. The molecule has 0 bridgehead atoms. The normalized spacial score (nSPS) is 22.8. The van der Waals surface area contributed by atoms with Crippen LogP contribution in [-0.4, -0.2) is 50.2 Å². The smallest absolute Gasteiger partial charge is 0.183 e. The van der Waals surface area contributed by atoms with Crippen LogP contribution in [0.4, 0.5) is 16.0 Å². The zero-order valence-electron chi connectivity index (χ0n) is 14.6. The summed E-state index contributed by atoms with van der Waals surface area (Å²) in [5, 5.41) is 4.45. The molecule has 0 aromatic carbocycles. The molecule has 5 rings (SSSR count). The first-order valence-corrected chi connectivity index (χ1v) is 8.99. The molecule has 5 heterocycles. The van der Waals surface area contributed by atoms with Gasteiger partial charge in [0.25, 0.3) is 0 Å². The number of piperidine rings is 1. The molecule has 0 aliphatic carbocycles. The molecule has 2 aliphatic heterocycles. The Morgan fingerprint density at radius 3 is 3.00 bits per heavy atom. The third-order valence-electron chi connectivity index (χ3n) is 5.57. The molecule has 26 heavy (non-hydrogen) atoms. The van der Waals surface area contributed by atoms with Crippen LogP contribution in [0.5, 0.6) is 0 Å². The second kappa shape index (κ2) is 5.89. The van der Waals surface area contributed by atoms with Gasteiger partial charge in [0.1, 0.15) is 12.1 Å². The standard InChI is InChI=1S/C18H20FN7/c1-12-8-17(26-16(23-12)2-5-22-26)25-7-4-13-3-6-24(10-15(13)25)18-14(19)9-20-11-21-18/h2,5,8-9,11,13,15H,3-4,6-7,10H2,1H3. The van der Waals surface area contributed by atoms with Gasteiger partial charge in [0.2, 0.25) is 0 Å². The van der Waals surface area contributed by atoms with Gasteiger partial charge in [0.15, 0.2) is 17.3 Å². The quantitative estimate of drug-likeness (QED) is 0.703. The number of anilines is 2. The summed E-state index contributed by atoms with van der Waals surface area (Å²) in [6, 6.07) is 4.33. The molecule has 2 unspecified atom stereocenters. The minimum atomic E-state index is -0.357. The van der Waals surface area contributed by atoms with Crippen molar-refractivity contribution in [3.8, 4) is 0 Å². The predicted octanol–water partition coefficient (Wildman–Crippen LogP) is 2.07. The van der Waals surface area contributed by atoms with E-state index in [1.807, 2.05) is 22.4 Å². The maximum absolute atomic E-state index is 14.2. The van der Waals surface area contributed by atoms with Gasteiger partial charge in [0.05, 0.1) is 18.4 Å². The molecule has 7 nitrogen and oxygen atoms in total. The first-order chi connectivity index (χ1) is 12.7. The van der Waals surface area contributed by atoms with Crippen LogP contribution in [0.15, 0.2) is 30.9 Å². The molecule has 2 atom stereocenters. The van der Waals surface area contributed by atoms with Crippen LogP contribution >= 0.6 is 0 Å². The van der Waals surface area contributed by atoms with E-state index in [2.05, 4.69) is 31.0 Å². The SMILES string of the molecule is Cc1cc(N2CCC3CCN(c4ncncc4F)CC32)n2nccc2n1. The number of nitrogens with zero attached hydrogens (tertiary/aromatic N) is 7. The fraction of sp³-hybridized carbons (Fsp3) is 0.444. The topological polar surface area (TPSA) is 62.5 Å². The highest BCUT2D eigenvalue weighted by molar-refractivity contribution is 5.53. The van der Waals surface area contributed by atoms with Gasteiger partial charge in [-0.2, -0.15) is 9.61 Å². The van der Waals surface area contributed by atoms with Gasteiger partial charge in [0, 0.05) is 37.5 Å². The Morgan fingerprint density at radius 2 is 2.12 bits per heavy atom. The van der Waals surface area contributed by atoms with E-state index in [4.69, 9.17) is 0 Å². The van der Waals surface area contributed by atoms with Crippen molar-refractivity contribution >= 4 is 17.3 Å². The minimum Gasteiger partial charge on any atom is -0.352 e. The van der Waals surface area contributed by atoms with Crippen LogP contribution in [0.25, 0.3) is 5.65 Å². The van der Waals surface area contributed by atoms with Crippen LogP contribution in [-0.2, 0) is 0 Å². The maximum Gasteiger partial charge on any atom is 0.183 e. The molecule has 2 saturated heterocycles. The fourth-order valence-corrected chi connectivity index (χ4v) is 4.38. The van der Waals surface area contributed by atoms with Crippen LogP contribution in [0.1, 0.15) is 18.5 Å². The third kappa shape index (κ3) is 2.40. The van der Waals surface area contributed by atoms with Crippen molar-refractivity contribution in [3.05, 3.63) is 42.4 Å². The van der Waals surface area contributed by atoms with Crippen LogP contribution in [0.2, 0.25) is 0 Å². The summed E-state index contributed by atoms with van der Waals surface area (Å²) in [7, 11) is 0. The number of rotatable bonds is 2. The zero-order valence-corrected chi connectivity index (χ0v) is 14.6. The van der Waals surface area contributed by atoms with Crippen LogP contribution < -0.4 is 9.80 Å². The molecule has 134 valence electrons. The van der Waals surface area contributed by atoms with Crippen molar-refractivity contribution in [1.29, 1.82) is 0 Å². The Hall–Kier alpha value is -2.77. The van der Waals surface area contributed by atoms with Crippen LogP contribution in [0.3, 0.4) is 0 Å². The Bertz CT molecular complexity index is 956. The lowest BCUT2D eigenvalue weighted by atomic mass is 9.92. The summed E-state index contributed by atoms with van der Waals surface area (Å²) >= 11 is 0. The molecule has 2 aliphatic rings. The monoisotopic (exact) mass is 353 g/mol. The van der Waals surface area contributed by atoms with Crippen molar-refractivity contribution in [2.75, 3.05) is 29.4 Å². The molecule has 2 fully saturated rings. The Labute approximate surface area is 150 Å². The maximum atomic E-state index is 14.2. The van der Waals surface area contributed by atoms with E-state index in [-0.39, 0.29) is 5.82 Å². The molecule has 0 spiro atoms. The number of hydrogen-bond acceptors (Lipinski definition) is 6. The van der Waals surface area contributed by atoms with Crippen molar-refractivity contribution in [1.82, 2.24) is 24.6 Å². The van der Waals surface area contributed by atoms with E-state index >= 15 is 0 Å². The molecule has 0 saturated carbocycles. The predicted molar refractivity (Wildman–Crippen MR) is 95.8 cm³/mol. The largest absolute Gasteiger partial charge is 0.352 e. The number of aryl methyl sites for hydroxylation is 1. The second-order valence-corrected chi connectivity index (χ2v) is 7.10. The first-order valence-electron chi connectivity index (χ1n) is 8.99. The highest BCUT2D eigenvalue weighted by Gasteiger charge is 2.40. The van der Waals surface area contributed by atoms with Gasteiger partial charge in [-0.25, -0.2) is 19.3 Å². The highest BCUT2D eigenvalue weighted by atomic mass is 19.1. The van der Waals surface area contributed by atoms with E-state index in [1.54, 1.807) is 6.20 Å². The number of aromatic nitrogens is 5. The van der Waals surface area contributed by atoms with Gasteiger partial charge >= 0.3 is 0 Å². The van der Waals surface area contributed by atoms with E-state index in [9.17, 15) is 4.39 Å². The Balaban J connectivity index is 1.50. The average Bonchev–Trinajstić information content (AvgIpc) is 3.27. The summed E-state index contributed by atoms with van der Waals surface area (Å²) in [6.07, 6.45) is 6.62. The van der Waals surface area contributed by atoms with Crippen LogP contribution in [0, 0.1) is 18.7 Å². The van der Waals surface area contributed by atoms with E-state index in [1.165, 1.54) is 12.5 Å². The van der Waals surface area contributed by atoms with Crippen molar-refractivity contribution in [2.45, 2.75) is 25.8 Å². The summed E-state index contributed by atoms with van der Waals surface area (Å²) < 4.78 is 16.1. The van der Waals surface area contributed by atoms with Crippen molar-refractivity contribution in [2.24, 2.45) is 5.92 Å². The third-order valence-corrected chi connectivity index (χ3v) is 5.57. The average molecular weight is 353 g/mol. The molecule has 0 N–H and O–H groups in total. The molecular formula is C18H20FN7. The van der Waals surface area contributed by atoms with Gasteiger partial charge < -0.3 is 9.80 Å². The molecular weight excluding hydrogens is 333 g/mol. The molecule has 8 heteroatoms. The summed E-state index contributed by atoms with van der Waals surface area (Å²) in [4.78, 5) is 16.9. The van der Waals surface area contributed by atoms with Gasteiger partial charge in [-0.15, -0.1) is 0 Å².